The van der Waals surface area contributed by atoms with Gasteiger partial charge in [0.1, 0.15) is 0 Å². The van der Waals surface area contributed by atoms with Crippen molar-refractivity contribution in [2.45, 2.75) is 64.1 Å². The van der Waals surface area contributed by atoms with Gasteiger partial charge in [0.25, 0.3) is 0 Å². The highest BCUT2D eigenvalue weighted by atomic mass is 16.5. The molecular weight excluding hydrogens is 176 g/mol. The van der Waals surface area contributed by atoms with Crippen LogP contribution >= 0.6 is 0 Å². The Hall–Kier alpha value is -0.0800. The fraction of sp³-hybridized carbons (Fsp3) is 1.00. The predicted molar refractivity (Wildman–Crippen MR) is 56.2 cm³/mol. The van der Waals surface area contributed by atoms with E-state index >= 15 is 0 Å². The molecule has 0 aromatic carbocycles. The zero-order valence-electron chi connectivity index (χ0n) is 9.17. The molecule has 0 heterocycles. The van der Waals surface area contributed by atoms with Crippen LogP contribution in [0.2, 0.25) is 0 Å². The fourth-order valence-corrected chi connectivity index (χ4v) is 3.02. The molecule has 0 aromatic rings. The number of aliphatic hydroxyl groups excluding tert-OH is 1. The lowest BCUT2D eigenvalue weighted by Crippen LogP contribution is -2.56. The van der Waals surface area contributed by atoms with Crippen molar-refractivity contribution < 1.29 is 9.84 Å². The van der Waals surface area contributed by atoms with Gasteiger partial charge in [0.05, 0.1) is 12.2 Å². The lowest BCUT2D eigenvalue weighted by atomic mass is 9.62. The quantitative estimate of drug-likeness (QED) is 0.703. The van der Waals surface area contributed by atoms with Crippen molar-refractivity contribution >= 4 is 0 Å². The first kappa shape index (κ1) is 10.4. The van der Waals surface area contributed by atoms with Crippen LogP contribution in [0, 0.1) is 5.41 Å². The highest BCUT2D eigenvalue weighted by Gasteiger charge is 2.56. The minimum atomic E-state index is -0.0726. The molecule has 14 heavy (non-hydrogen) atoms. The van der Waals surface area contributed by atoms with E-state index in [1.54, 1.807) is 0 Å². The van der Waals surface area contributed by atoms with E-state index in [0.29, 0.717) is 6.10 Å². The number of hydrogen-bond donors (Lipinski definition) is 1. The molecule has 2 aliphatic carbocycles. The van der Waals surface area contributed by atoms with E-state index < -0.39 is 0 Å². The molecule has 1 spiro atoms. The second-order valence-electron chi connectivity index (χ2n) is 4.90. The molecule has 0 aliphatic heterocycles. The first-order valence-corrected chi connectivity index (χ1v) is 6.09. The van der Waals surface area contributed by atoms with Crippen LogP contribution in [-0.4, -0.2) is 23.9 Å². The Labute approximate surface area is 86.6 Å². The van der Waals surface area contributed by atoms with E-state index in [2.05, 4.69) is 6.92 Å². The number of rotatable bonds is 4. The van der Waals surface area contributed by atoms with Gasteiger partial charge in [-0.25, -0.2) is 0 Å². The van der Waals surface area contributed by atoms with Crippen LogP contribution < -0.4 is 0 Å². The fourth-order valence-electron chi connectivity index (χ4n) is 3.02. The molecule has 0 aromatic heterocycles. The standard InChI is InChI=1S/C12H22O2/c1-2-3-8-14-11-9-10(13)12(11)6-4-5-7-12/h10-11,13H,2-9H2,1H3. The first-order valence-electron chi connectivity index (χ1n) is 6.09. The first-order chi connectivity index (χ1) is 6.79. The van der Waals surface area contributed by atoms with Gasteiger partial charge < -0.3 is 9.84 Å². The lowest BCUT2D eigenvalue weighted by molar-refractivity contribution is -0.189. The van der Waals surface area contributed by atoms with Crippen LogP contribution in [0.3, 0.4) is 0 Å². The molecule has 0 amide bonds. The van der Waals surface area contributed by atoms with Crippen LogP contribution in [0.25, 0.3) is 0 Å². The van der Waals surface area contributed by atoms with Crippen LogP contribution in [0.15, 0.2) is 0 Å². The molecule has 2 rings (SSSR count). The van der Waals surface area contributed by atoms with Crippen molar-refractivity contribution in [3.63, 3.8) is 0 Å². The largest absolute Gasteiger partial charge is 0.392 e. The summed E-state index contributed by atoms with van der Waals surface area (Å²) in [4.78, 5) is 0. The Kier molecular flexibility index (Phi) is 3.13. The zero-order valence-corrected chi connectivity index (χ0v) is 9.17. The monoisotopic (exact) mass is 198 g/mol. The van der Waals surface area contributed by atoms with E-state index in [9.17, 15) is 5.11 Å². The maximum absolute atomic E-state index is 9.85. The van der Waals surface area contributed by atoms with Gasteiger partial charge in [0.2, 0.25) is 0 Å². The molecule has 2 atom stereocenters. The van der Waals surface area contributed by atoms with E-state index in [0.717, 1.165) is 19.4 Å². The average Bonchev–Trinajstić information content (AvgIpc) is 2.68. The summed E-state index contributed by atoms with van der Waals surface area (Å²) in [6, 6.07) is 0. The maximum atomic E-state index is 9.85. The molecule has 82 valence electrons. The summed E-state index contributed by atoms with van der Waals surface area (Å²) in [6.45, 7) is 3.07. The Morgan fingerprint density at radius 3 is 2.64 bits per heavy atom. The van der Waals surface area contributed by atoms with Crippen molar-refractivity contribution in [2.24, 2.45) is 5.41 Å². The Morgan fingerprint density at radius 1 is 1.36 bits per heavy atom. The molecule has 2 heteroatoms. The molecule has 0 radical (unpaired) electrons. The molecule has 2 fully saturated rings. The minimum absolute atomic E-state index is 0.0726. The molecule has 2 saturated carbocycles. The minimum Gasteiger partial charge on any atom is -0.392 e. The van der Waals surface area contributed by atoms with Crippen molar-refractivity contribution in [1.82, 2.24) is 0 Å². The summed E-state index contributed by atoms with van der Waals surface area (Å²) >= 11 is 0. The lowest BCUT2D eigenvalue weighted by Gasteiger charge is -2.51. The van der Waals surface area contributed by atoms with Gasteiger partial charge in [-0.15, -0.1) is 0 Å². The van der Waals surface area contributed by atoms with Gasteiger partial charge in [-0.05, 0) is 19.3 Å². The van der Waals surface area contributed by atoms with E-state index in [-0.39, 0.29) is 11.5 Å². The molecular formula is C12H22O2. The smallest absolute Gasteiger partial charge is 0.0680 e. The Bertz CT molecular complexity index is 185. The highest BCUT2D eigenvalue weighted by molar-refractivity contribution is 5.06. The van der Waals surface area contributed by atoms with E-state index in [1.165, 1.54) is 32.1 Å². The summed E-state index contributed by atoms with van der Waals surface area (Å²) in [5, 5.41) is 9.85. The molecule has 2 unspecified atom stereocenters. The third kappa shape index (κ3) is 1.59. The second-order valence-corrected chi connectivity index (χ2v) is 4.90. The number of aliphatic hydroxyl groups is 1. The third-order valence-corrected chi connectivity index (χ3v) is 4.09. The molecule has 0 saturated heterocycles. The Morgan fingerprint density at radius 2 is 2.07 bits per heavy atom. The topological polar surface area (TPSA) is 29.5 Å². The van der Waals surface area contributed by atoms with Crippen molar-refractivity contribution in [3.05, 3.63) is 0 Å². The number of unbranched alkanes of at least 4 members (excludes halogenated alkanes) is 1. The molecule has 1 N–H and O–H groups in total. The number of hydrogen-bond acceptors (Lipinski definition) is 2. The van der Waals surface area contributed by atoms with Crippen molar-refractivity contribution in [3.8, 4) is 0 Å². The summed E-state index contributed by atoms with van der Waals surface area (Å²) < 4.78 is 5.87. The van der Waals surface area contributed by atoms with Crippen LogP contribution in [0.5, 0.6) is 0 Å². The van der Waals surface area contributed by atoms with Gasteiger partial charge in [-0.1, -0.05) is 26.2 Å². The SMILES string of the molecule is CCCCOC1CC(O)C12CCCC2. The average molecular weight is 198 g/mol. The number of ether oxygens (including phenoxy) is 1. The molecule has 0 bridgehead atoms. The van der Waals surface area contributed by atoms with Crippen molar-refractivity contribution in [2.75, 3.05) is 6.61 Å². The zero-order chi connectivity index (χ0) is 10.0. The van der Waals surface area contributed by atoms with E-state index in [4.69, 9.17) is 4.74 Å². The summed E-state index contributed by atoms with van der Waals surface area (Å²) in [5.74, 6) is 0. The van der Waals surface area contributed by atoms with Gasteiger partial charge >= 0.3 is 0 Å². The summed E-state index contributed by atoms with van der Waals surface area (Å²) in [6.07, 6.45) is 8.46. The molecule has 2 aliphatic rings. The van der Waals surface area contributed by atoms with E-state index in [1.807, 2.05) is 0 Å². The van der Waals surface area contributed by atoms with Crippen molar-refractivity contribution in [1.29, 1.82) is 0 Å². The summed E-state index contributed by atoms with van der Waals surface area (Å²) in [7, 11) is 0. The van der Waals surface area contributed by atoms with Crippen LogP contribution in [0.1, 0.15) is 51.9 Å². The maximum Gasteiger partial charge on any atom is 0.0680 e. The molecule has 2 nitrogen and oxygen atoms in total. The second kappa shape index (κ2) is 4.19. The Balaban J connectivity index is 1.82. The predicted octanol–water partition coefficient (Wildman–Crippen LogP) is 2.50. The van der Waals surface area contributed by atoms with Crippen LogP contribution in [0.4, 0.5) is 0 Å². The summed E-state index contributed by atoms with van der Waals surface area (Å²) in [5.41, 5.74) is 0.174. The van der Waals surface area contributed by atoms with Gasteiger partial charge in [-0.2, -0.15) is 0 Å². The van der Waals surface area contributed by atoms with Gasteiger partial charge in [-0.3, -0.25) is 0 Å². The normalized spacial score (nSPS) is 34.7. The third-order valence-electron chi connectivity index (χ3n) is 4.09. The highest BCUT2D eigenvalue weighted by Crippen LogP contribution is 2.54. The van der Waals surface area contributed by atoms with Gasteiger partial charge in [0.15, 0.2) is 0 Å². The van der Waals surface area contributed by atoms with Gasteiger partial charge in [0, 0.05) is 18.4 Å². The van der Waals surface area contributed by atoms with Crippen LogP contribution in [-0.2, 0) is 4.74 Å².